The number of hydrogen-bond donors (Lipinski definition) is 1. The van der Waals surface area contributed by atoms with E-state index in [-0.39, 0.29) is 24.3 Å². The predicted octanol–water partition coefficient (Wildman–Crippen LogP) is 1.60. The maximum atomic E-state index is 13.4. The van der Waals surface area contributed by atoms with Crippen LogP contribution in [0, 0.1) is 11.6 Å². The second kappa shape index (κ2) is 5.53. The first-order valence-electron chi connectivity index (χ1n) is 5.58. The molecule has 2 rings (SSSR count). The van der Waals surface area contributed by atoms with Gasteiger partial charge in [-0.25, -0.2) is 8.78 Å². The van der Waals surface area contributed by atoms with Crippen molar-refractivity contribution in [3.8, 4) is 0 Å². The third-order valence-electron chi connectivity index (χ3n) is 2.71. The minimum atomic E-state index is -0.561. The summed E-state index contributed by atoms with van der Waals surface area (Å²) in [6.45, 7) is 1.09. The summed E-state index contributed by atoms with van der Waals surface area (Å²) >= 11 is 0. The van der Waals surface area contributed by atoms with Crippen LogP contribution in [-0.2, 0) is 15.9 Å². The number of benzene rings is 1. The molecule has 0 amide bonds. The second-order valence-electron chi connectivity index (χ2n) is 4.07. The van der Waals surface area contributed by atoms with Crippen molar-refractivity contribution in [3.63, 3.8) is 0 Å². The molecule has 1 aliphatic heterocycles. The Morgan fingerprint density at radius 3 is 2.41 bits per heavy atom. The number of halogens is 2. The molecule has 17 heavy (non-hydrogen) atoms. The highest BCUT2D eigenvalue weighted by Gasteiger charge is 2.21. The van der Waals surface area contributed by atoms with Crippen LogP contribution >= 0.6 is 0 Å². The van der Waals surface area contributed by atoms with E-state index in [1.807, 2.05) is 0 Å². The van der Waals surface area contributed by atoms with Crippen molar-refractivity contribution < 1.29 is 18.3 Å². The largest absolute Gasteiger partial charge is 0.350 e. The molecule has 0 aliphatic carbocycles. The minimum Gasteiger partial charge on any atom is -0.350 e. The highest BCUT2D eigenvalue weighted by atomic mass is 19.1. The Morgan fingerprint density at radius 1 is 1.24 bits per heavy atom. The molecule has 1 aromatic carbocycles. The van der Waals surface area contributed by atoms with Crippen LogP contribution in [0.3, 0.4) is 0 Å². The van der Waals surface area contributed by atoms with Crippen molar-refractivity contribution in [3.05, 3.63) is 35.4 Å². The summed E-state index contributed by atoms with van der Waals surface area (Å²) in [6, 6.07) is 3.41. The van der Waals surface area contributed by atoms with E-state index in [0.29, 0.717) is 19.6 Å². The highest BCUT2D eigenvalue weighted by Crippen LogP contribution is 2.17. The quantitative estimate of drug-likeness (QED) is 0.873. The van der Waals surface area contributed by atoms with Crippen LogP contribution < -0.4 is 5.73 Å². The van der Waals surface area contributed by atoms with Gasteiger partial charge >= 0.3 is 0 Å². The number of hydrogen-bond acceptors (Lipinski definition) is 3. The van der Waals surface area contributed by atoms with Crippen LogP contribution in [0.4, 0.5) is 8.78 Å². The standard InChI is InChI=1S/C12H15F2NO2/c13-10-2-1-3-11(14)9(10)6-8(15)7-12-16-4-5-17-12/h1-3,8,12H,4-7,15H2. The van der Waals surface area contributed by atoms with Gasteiger partial charge in [-0.3, -0.25) is 0 Å². The molecule has 1 heterocycles. The van der Waals surface area contributed by atoms with E-state index < -0.39 is 11.6 Å². The Balaban J connectivity index is 1.95. The lowest BCUT2D eigenvalue weighted by atomic mass is 10.0. The molecule has 1 aromatic rings. The molecule has 1 fully saturated rings. The Hall–Kier alpha value is -1.04. The van der Waals surface area contributed by atoms with Crippen molar-refractivity contribution in [1.29, 1.82) is 0 Å². The molecule has 2 N–H and O–H groups in total. The summed E-state index contributed by atoms with van der Waals surface area (Å²) in [5.41, 5.74) is 5.86. The monoisotopic (exact) mass is 243 g/mol. The Bertz CT molecular complexity index is 361. The summed E-state index contributed by atoms with van der Waals surface area (Å²) < 4.78 is 37.2. The topological polar surface area (TPSA) is 44.5 Å². The fourth-order valence-electron chi connectivity index (χ4n) is 1.86. The third kappa shape index (κ3) is 3.21. The predicted molar refractivity (Wildman–Crippen MR) is 58.3 cm³/mol. The van der Waals surface area contributed by atoms with Crippen molar-refractivity contribution in [2.45, 2.75) is 25.2 Å². The van der Waals surface area contributed by atoms with Gasteiger partial charge in [0, 0.05) is 18.0 Å². The average Bonchev–Trinajstić information content (AvgIpc) is 2.76. The lowest BCUT2D eigenvalue weighted by Gasteiger charge is -2.16. The smallest absolute Gasteiger partial charge is 0.159 e. The Labute approximate surface area is 98.5 Å². The van der Waals surface area contributed by atoms with Crippen molar-refractivity contribution in [2.75, 3.05) is 13.2 Å². The first-order chi connectivity index (χ1) is 8.16. The van der Waals surface area contributed by atoms with Gasteiger partial charge in [-0.15, -0.1) is 0 Å². The molecule has 5 heteroatoms. The molecule has 0 saturated carbocycles. The van der Waals surface area contributed by atoms with Crippen LogP contribution in [0.1, 0.15) is 12.0 Å². The SMILES string of the molecule is NC(Cc1c(F)cccc1F)CC1OCCO1. The fourth-order valence-corrected chi connectivity index (χ4v) is 1.86. The summed E-state index contributed by atoms with van der Waals surface area (Å²) in [4.78, 5) is 0. The van der Waals surface area contributed by atoms with Gasteiger partial charge in [0.05, 0.1) is 13.2 Å². The Morgan fingerprint density at radius 2 is 1.82 bits per heavy atom. The molecule has 0 radical (unpaired) electrons. The molecule has 3 nitrogen and oxygen atoms in total. The zero-order chi connectivity index (χ0) is 12.3. The van der Waals surface area contributed by atoms with E-state index in [1.54, 1.807) is 0 Å². The maximum absolute atomic E-state index is 13.4. The van der Waals surface area contributed by atoms with Crippen molar-refractivity contribution >= 4 is 0 Å². The number of ether oxygens (including phenoxy) is 2. The minimum absolute atomic E-state index is 0.0259. The fraction of sp³-hybridized carbons (Fsp3) is 0.500. The molecule has 1 unspecified atom stereocenters. The maximum Gasteiger partial charge on any atom is 0.159 e. The van der Waals surface area contributed by atoms with E-state index in [4.69, 9.17) is 15.2 Å². The molecule has 0 aromatic heterocycles. The van der Waals surface area contributed by atoms with Crippen LogP contribution in [0.2, 0.25) is 0 Å². The van der Waals surface area contributed by atoms with Gasteiger partial charge in [-0.1, -0.05) is 6.07 Å². The lowest BCUT2D eigenvalue weighted by molar-refractivity contribution is -0.0505. The van der Waals surface area contributed by atoms with Gasteiger partial charge in [-0.05, 0) is 18.6 Å². The van der Waals surface area contributed by atoms with Crippen LogP contribution in [-0.4, -0.2) is 25.5 Å². The third-order valence-corrected chi connectivity index (χ3v) is 2.71. The van der Waals surface area contributed by atoms with E-state index in [1.165, 1.54) is 18.2 Å². The Kier molecular flexibility index (Phi) is 4.04. The van der Waals surface area contributed by atoms with E-state index in [0.717, 1.165) is 0 Å². The molecule has 0 bridgehead atoms. The van der Waals surface area contributed by atoms with E-state index in [9.17, 15) is 8.78 Å². The van der Waals surface area contributed by atoms with Gasteiger partial charge in [0.15, 0.2) is 6.29 Å². The number of nitrogens with two attached hydrogens (primary N) is 1. The summed E-state index contributed by atoms with van der Waals surface area (Å²) in [6.07, 6.45) is 0.231. The van der Waals surface area contributed by atoms with E-state index >= 15 is 0 Å². The molecule has 94 valence electrons. The first kappa shape index (κ1) is 12.4. The van der Waals surface area contributed by atoms with Crippen LogP contribution in [0.5, 0.6) is 0 Å². The lowest BCUT2D eigenvalue weighted by Crippen LogP contribution is -2.29. The first-order valence-corrected chi connectivity index (χ1v) is 5.58. The van der Waals surface area contributed by atoms with Gasteiger partial charge in [-0.2, -0.15) is 0 Å². The van der Waals surface area contributed by atoms with Crippen LogP contribution in [0.15, 0.2) is 18.2 Å². The second-order valence-corrected chi connectivity index (χ2v) is 4.07. The molecular formula is C12H15F2NO2. The van der Waals surface area contributed by atoms with Gasteiger partial charge in [0.25, 0.3) is 0 Å². The highest BCUT2D eigenvalue weighted by molar-refractivity contribution is 5.20. The van der Waals surface area contributed by atoms with Crippen LogP contribution in [0.25, 0.3) is 0 Å². The van der Waals surface area contributed by atoms with Gasteiger partial charge < -0.3 is 15.2 Å². The summed E-state index contributed by atoms with van der Waals surface area (Å²) in [5.74, 6) is -1.12. The normalized spacial score (nSPS) is 18.5. The zero-order valence-electron chi connectivity index (χ0n) is 9.36. The summed E-state index contributed by atoms with van der Waals surface area (Å²) in [5, 5.41) is 0. The van der Waals surface area contributed by atoms with Gasteiger partial charge in [0.2, 0.25) is 0 Å². The van der Waals surface area contributed by atoms with E-state index in [2.05, 4.69) is 0 Å². The van der Waals surface area contributed by atoms with Crippen molar-refractivity contribution in [2.24, 2.45) is 5.73 Å². The molecule has 0 spiro atoms. The zero-order valence-corrected chi connectivity index (χ0v) is 9.36. The van der Waals surface area contributed by atoms with Crippen molar-refractivity contribution in [1.82, 2.24) is 0 Å². The number of rotatable bonds is 4. The molecule has 1 aliphatic rings. The molecular weight excluding hydrogens is 228 g/mol. The average molecular weight is 243 g/mol. The van der Waals surface area contributed by atoms with Gasteiger partial charge in [0.1, 0.15) is 11.6 Å². The molecule has 1 atom stereocenters. The molecule has 1 saturated heterocycles. The summed E-state index contributed by atoms with van der Waals surface area (Å²) in [7, 11) is 0.